The van der Waals surface area contributed by atoms with Crippen molar-refractivity contribution in [3.8, 4) is 22.6 Å². The number of nitrogens with zero attached hydrogens (tertiary/aromatic N) is 5. The predicted octanol–water partition coefficient (Wildman–Crippen LogP) is 8.13. The molecule has 4 heterocycles. The molecule has 5 heteroatoms. The number of unbranched alkanes of at least 4 members (excludes halogenated alkanes) is 1. The average Bonchev–Trinajstić information content (AvgIpc) is 3.44. The second kappa shape index (κ2) is 11.8. The summed E-state index contributed by atoms with van der Waals surface area (Å²) in [6, 6.07) is 24.6. The van der Waals surface area contributed by atoms with E-state index in [0.717, 1.165) is 48.4 Å². The van der Waals surface area contributed by atoms with Gasteiger partial charge >= 0.3 is 0 Å². The molecule has 0 unspecified atom stereocenters. The van der Waals surface area contributed by atoms with E-state index in [0.29, 0.717) is 0 Å². The first kappa shape index (κ1) is 29.9. The van der Waals surface area contributed by atoms with Gasteiger partial charge in [-0.05, 0) is 72.1 Å². The van der Waals surface area contributed by atoms with Gasteiger partial charge in [-0.3, -0.25) is 4.68 Å². The van der Waals surface area contributed by atoms with Crippen molar-refractivity contribution < 1.29 is 9.13 Å². The van der Waals surface area contributed by atoms with Crippen molar-refractivity contribution in [3.63, 3.8) is 0 Å². The Morgan fingerprint density at radius 3 is 2.36 bits per heavy atom. The van der Waals surface area contributed by atoms with E-state index in [2.05, 4.69) is 143 Å². The number of rotatable bonds is 8. The van der Waals surface area contributed by atoms with Crippen LogP contribution in [0, 0.1) is 0 Å². The van der Waals surface area contributed by atoms with Gasteiger partial charge in [0.15, 0.2) is 18.3 Å². The summed E-state index contributed by atoms with van der Waals surface area (Å²) >= 11 is 0. The van der Waals surface area contributed by atoms with Crippen LogP contribution >= 0.6 is 0 Å². The molecule has 1 aliphatic rings. The second-order valence-corrected chi connectivity index (χ2v) is 13.3. The lowest BCUT2D eigenvalue weighted by molar-refractivity contribution is -0.743. The van der Waals surface area contributed by atoms with Crippen molar-refractivity contribution in [2.45, 2.75) is 91.1 Å². The summed E-state index contributed by atoms with van der Waals surface area (Å²) in [6.07, 6.45) is 12.2. The van der Waals surface area contributed by atoms with Gasteiger partial charge in [0.2, 0.25) is 5.69 Å². The zero-order valence-electron chi connectivity index (χ0n) is 27.6. The second-order valence-electron chi connectivity index (χ2n) is 13.3. The van der Waals surface area contributed by atoms with Crippen LogP contribution in [0.25, 0.3) is 39.1 Å². The van der Waals surface area contributed by atoms with E-state index in [9.17, 15) is 0 Å². The van der Waals surface area contributed by atoms with Gasteiger partial charge in [0.25, 0.3) is 6.33 Å². The van der Waals surface area contributed by atoms with Crippen LogP contribution in [-0.2, 0) is 31.0 Å². The Morgan fingerprint density at radius 1 is 0.909 bits per heavy atom. The Labute approximate surface area is 262 Å². The first-order valence-corrected chi connectivity index (χ1v) is 16.4. The van der Waals surface area contributed by atoms with Crippen LogP contribution in [0.2, 0.25) is 0 Å². The van der Waals surface area contributed by atoms with Crippen LogP contribution in [0.4, 0.5) is 0 Å². The van der Waals surface area contributed by atoms with Crippen LogP contribution in [0.5, 0.6) is 0 Å². The van der Waals surface area contributed by atoms with Crippen LogP contribution < -0.4 is 9.13 Å². The monoisotopic (exact) mass is 585 g/mol. The largest absolute Gasteiger partial charge is 0.288 e. The van der Waals surface area contributed by atoms with E-state index in [-0.39, 0.29) is 11.0 Å². The molecule has 5 nitrogen and oxygen atoms in total. The first-order chi connectivity index (χ1) is 21.2. The Kier molecular flexibility index (Phi) is 8.00. The minimum Gasteiger partial charge on any atom is -0.262 e. The summed E-state index contributed by atoms with van der Waals surface area (Å²) in [5.74, 6) is 0. The molecule has 0 bridgehead atoms. The third-order valence-corrected chi connectivity index (χ3v) is 9.64. The van der Waals surface area contributed by atoms with Gasteiger partial charge in [-0.15, -0.1) is 0 Å². The Morgan fingerprint density at radius 2 is 1.66 bits per heavy atom. The minimum atomic E-state index is -0.201. The lowest BCUT2D eigenvalue weighted by Crippen LogP contribution is -2.60. The highest BCUT2D eigenvalue weighted by Gasteiger charge is 2.45. The third kappa shape index (κ3) is 5.06. The third-order valence-electron chi connectivity index (χ3n) is 9.64. The number of hydrogen-bond acceptors (Lipinski definition) is 2. The van der Waals surface area contributed by atoms with Crippen molar-refractivity contribution in [2.24, 2.45) is 7.05 Å². The normalized spacial score (nSPS) is 15.0. The lowest BCUT2D eigenvalue weighted by Gasteiger charge is -2.38. The van der Waals surface area contributed by atoms with Crippen molar-refractivity contribution in [3.05, 3.63) is 102 Å². The van der Waals surface area contributed by atoms with Gasteiger partial charge in [-0.2, -0.15) is 9.67 Å². The molecular formula is C39H47N5+2. The van der Waals surface area contributed by atoms with E-state index in [4.69, 9.17) is 10.1 Å². The van der Waals surface area contributed by atoms with Crippen LogP contribution in [0.1, 0.15) is 84.0 Å². The van der Waals surface area contributed by atoms with Crippen molar-refractivity contribution >= 4 is 16.5 Å². The number of fused-ring (bicyclic) bond motifs is 5. The fraction of sp³-hybridized carbons (Fsp3) is 0.385. The number of benzene rings is 2. The highest BCUT2D eigenvalue weighted by atomic mass is 15.3. The highest BCUT2D eigenvalue weighted by Crippen LogP contribution is 2.45. The molecule has 44 heavy (non-hydrogen) atoms. The maximum Gasteiger partial charge on any atom is 0.288 e. The zero-order chi connectivity index (χ0) is 31.1. The van der Waals surface area contributed by atoms with Crippen molar-refractivity contribution in [1.82, 2.24) is 14.8 Å². The first-order valence-electron chi connectivity index (χ1n) is 16.4. The molecule has 6 rings (SSSR count). The fourth-order valence-electron chi connectivity index (χ4n) is 7.04. The molecule has 0 spiro atoms. The molecule has 226 valence electrons. The van der Waals surface area contributed by atoms with E-state index in [1.165, 1.54) is 46.2 Å². The van der Waals surface area contributed by atoms with Crippen LogP contribution in [0.15, 0.2) is 85.3 Å². The minimum absolute atomic E-state index is 0.00877. The maximum atomic E-state index is 5.09. The van der Waals surface area contributed by atoms with Gasteiger partial charge in [-0.25, -0.2) is 4.57 Å². The maximum absolute atomic E-state index is 5.09. The van der Waals surface area contributed by atoms with Gasteiger partial charge in [0, 0.05) is 35.7 Å². The Bertz CT molecular complexity index is 1850. The summed E-state index contributed by atoms with van der Waals surface area (Å²) in [5.41, 5.74) is 10.9. The highest BCUT2D eigenvalue weighted by molar-refractivity contribution is 5.96. The summed E-state index contributed by atoms with van der Waals surface area (Å²) in [4.78, 5) is 5.09. The Hall–Kier alpha value is -4.12. The molecule has 0 radical (unpaired) electrons. The molecule has 0 N–H and O–H groups in total. The summed E-state index contributed by atoms with van der Waals surface area (Å²) in [6.45, 7) is 14.3. The van der Waals surface area contributed by atoms with Crippen LogP contribution in [-0.4, -0.2) is 14.8 Å². The molecule has 3 aromatic heterocycles. The number of aromatic nitrogens is 5. The zero-order valence-corrected chi connectivity index (χ0v) is 27.6. The molecule has 0 aliphatic carbocycles. The fourth-order valence-corrected chi connectivity index (χ4v) is 7.04. The molecule has 0 amide bonds. The van der Waals surface area contributed by atoms with Crippen molar-refractivity contribution in [2.75, 3.05) is 0 Å². The van der Waals surface area contributed by atoms with Gasteiger partial charge in [0.1, 0.15) is 16.9 Å². The summed E-state index contributed by atoms with van der Waals surface area (Å²) in [7, 11) is 2.05. The molecule has 0 atom stereocenters. The molecule has 0 saturated heterocycles. The lowest BCUT2D eigenvalue weighted by atomic mass is 9.74. The van der Waals surface area contributed by atoms with Gasteiger partial charge in [0.05, 0.1) is 11.1 Å². The van der Waals surface area contributed by atoms with E-state index in [1.54, 1.807) is 0 Å². The summed E-state index contributed by atoms with van der Waals surface area (Å²) in [5, 5.41) is 6.11. The number of pyridine rings is 1. The predicted molar refractivity (Wildman–Crippen MR) is 180 cm³/mol. The van der Waals surface area contributed by atoms with Crippen LogP contribution in [0.3, 0.4) is 0 Å². The molecule has 0 saturated carbocycles. The van der Waals surface area contributed by atoms with Gasteiger partial charge < -0.3 is 0 Å². The molecule has 0 fully saturated rings. The average molecular weight is 586 g/mol. The molecule has 5 aromatic rings. The SMILES string of the molecule is CCCCc1ccc2c3[n+](cnc2c1)C(CC)(CC)C(=CC[n+]1ccccc1-c1cc(C(C)(C)C)nn1C)c1ccccc1-3. The molecule has 1 aliphatic heterocycles. The van der Waals surface area contributed by atoms with E-state index >= 15 is 0 Å². The topological polar surface area (TPSA) is 38.5 Å². The number of aryl methyl sites for hydroxylation is 2. The molecule has 2 aromatic carbocycles. The smallest absolute Gasteiger partial charge is 0.262 e. The number of allylic oxidation sites excluding steroid dienone is 2. The number of hydrogen-bond donors (Lipinski definition) is 0. The quantitative estimate of drug-likeness (QED) is 0.173. The van der Waals surface area contributed by atoms with E-state index in [1.807, 2.05) is 4.68 Å². The van der Waals surface area contributed by atoms with Gasteiger partial charge in [-0.1, -0.05) is 78.3 Å². The van der Waals surface area contributed by atoms with Crippen molar-refractivity contribution in [1.29, 1.82) is 0 Å². The molecular weight excluding hydrogens is 538 g/mol. The summed E-state index contributed by atoms with van der Waals surface area (Å²) < 4.78 is 6.86. The standard InChI is InChI=1S/C39H47N5/c1-8-11-16-28-20-21-31-33(25-28)40-27-44-37(31)30-18-13-12-17-29(30)32(39(44,9-2)10-3)22-24-43-23-15-14-19-34(43)35-26-36(38(4,5)6)41-42(35)7/h12-15,17-23,25-27H,8-11,16,24H2,1-7H3/q+2. The Balaban J connectivity index is 1.49. The van der Waals surface area contributed by atoms with E-state index < -0.39 is 0 Å².